The number of hydrogen-bond donors (Lipinski definition) is 2. The number of nitrogens with zero attached hydrogens (tertiary/aromatic N) is 3. The van der Waals surface area contributed by atoms with Crippen LogP contribution in [0.4, 0.5) is 0 Å². The number of nitrogens with one attached hydrogen (secondary N) is 2. The lowest BCUT2D eigenvalue weighted by molar-refractivity contribution is 0.0913. The fraction of sp³-hybridized carbons (Fsp3) is 0.364. The van der Waals surface area contributed by atoms with E-state index in [9.17, 15) is 13.2 Å². The number of methoxy groups -OCH3 is 1. The standard InChI is InChI=1S/C22H25N5O5S/c1-13(2)19(22-25-20(26-32-22)15-5-4-10-23-12-15)24-21(28)14-6-9-17(31-3)18(11-14)33(29,30)27-16-7-8-16/h4-6,9-13,16,19,27H,7-8H2,1-3H3,(H,24,28). The van der Waals surface area contributed by atoms with Crippen LogP contribution in [0.2, 0.25) is 0 Å². The first-order valence-corrected chi connectivity index (χ1v) is 12.0. The summed E-state index contributed by atoms with van der Waals surface area (Å²) in [5.41, 5.74) is 0.860. The Kier molecular flexibility index (Phi) is 6.43. The molecular weight excluding hydrogens is 446 g/mol. The third-order valence-corrected chi connectivity index (χ3v) is 6.74. The molecule has 4 rings (SSSR count). The number of rotatable bonds is 9. The summed E-state index contributed by atoms with van der Waals surface area (Å²) in [6.07, 6.45) is 4.85. The van der Waals surface area contributed by atoms with Gasteiger partial charge in [0.05, 0.1) is 7.11 Å². The van der Waals surface area contributed by atoms with Gasteiger partial charge in [0, 0.05) is 29.6 Å². The number of carbonyl (C=O) groups is 1. The molecular formula is C22H25N5O5S. The minimum atomic E-state index is -3.82. The van der Waals surface area contributed by atoms with Gasteiger partial charge in [0.1, 0.15) is 16.7 Å². The number of benzene rings is 1. The molecule has 2 N–H and O–H groups in total. The van der Waals surface area contributed by atoms with Gasteiger partial charge in [-0.25, -0.2) is 13.1 Å². The van der Waals surface area contributed by atoms with Crippen molar-refractivity contribution in [1.82, 2.24) is 25.2 Å². The van der Waals surface area contributed by atoms with Crippen molar-refractivity contribution in [3.05, 3.63) is 54.2 Å². The van der Waals surface area contributed by atoms with Crippen molar-refractivity contribution >= 4 is 15.9 Å². The Hall–Kier alpha value is -3.31. The van der Waals surface area contributed by atoms with Gasteiger partial charge in [0.15, 0.2) is 0 Å². The van der Waals surface area contributed by atoms with Crippen molar-refractivity contribution in [3.63, 3.8) is 0 Å². The molecule has 1 fully saturated rings. The summed E-state index contributed by atoms with van der Waals surface area (Å²) in [5.74, 6) is 0.226. The second-order valence-electron chi connectivity index (χ2n) is 8.15. The minimum Gasteiger partial charge on any atom is -0.495 e. The van der Waals surface area contributed by atoms with Crippen LogP contribution in [0.25, 0.3) is 11.4 Å². The normalized spacial score (nSPS) is 14.8. The molecule has 0 bridgehead atoms. The molecule has 10 nitrogen and oxygen atoms in total. The van der Waals surface area contributed by atoms with Crippen LogP contribution in [0.1, 0.15) is 49.0 Å². The lowest BCUT2D eigenvalue weighted by Gasteiger charge is -2.19. The Morgan fingerprint density at radius 1 is 1.24 bits per heavy atom. The molecule has 1 saturated carbocycles. The van der Waals surface area contributed by atoms with Gasteiger partial charge in [-0.05, 0) is 49.1 Å². The van der Waals surface area contributed by atoms with Crippen LogP contribution in [0.15, 0.2) is 52.1 Å². The van der Waals surface area contributed by atoms with Crippen molar-refractivity contribution in [1.29, 1.82) is 0 Å². The summed E-state index contributed by atoms with van der Waals surface area (Å²) < 4.78 is 38.8. The summed E-state index contributed by atoms with van der Waals surface area (Å²) in [6.45, 7) is 3.81. The van der Waals surface area contributed by atoms with E-state index in [1.165, 1.54) is 25.3 Å². The molecule has 11 heteroatoms. The predicted molar refractivity (Wildman–Crippen MR) is 119 cm³/mol. The van der Waals surface area contributed by atoms with Crippen molar-refractivity contribution in [3.8, 4) is 17.1 Å². The summed E-state index contributed by atoms with van der Waals surface area (Å²) in [6, 6.07) is 7.20. The zero-order valence-corrected chi connectivity index (χ0v) is 19.3. The zero-order valence-electron chi connectivity index (χ0n) is 18.5. The Balaban J connectivity index is 1.58. The van der Waals surface area contributed by atoms with Crippen LogP contribution in [-0.2, 0) is 10.0 Å². The van der Waals surface area contributed by atoms with Gasteiger partial charge in [-0.1, -0.05) is 19.0 Å². The number of hydrogen-bond acceptors (Lipinski definition) is 8. The molecule has 2 aromatic heterocycles. The number of pyridine rings is 1. The van der Waals surface area contributed by atoms with Gasteiger partial charge in [0.2, 0.25) is 21.7 Å². The van der Waals surface area contributed by atoms with Crippen LogP contribution < -0.4 is 14.8 Å². The third kappa shape index (κ3) is 5.20. The molecule has 1 aliphatic rings. The highest BCUT2D eigenvalue weighted by Crippen LogP contribution is 2.29. The quantitative estimate of drug-likeness (QED) is 0.486. The predicted octanol–water partition coefficient (Wildman–Crippen LogP) is 2.71. The second kappa shape index (κ2) is 9.28. The summed E-state index contributed by atoms with van der Waals surface area (Å²) >= 11 is 0. The molecule has 1 unspecified atom stereocenters. The maximum Gasteiger partial charge on any atom is 0.251 e. The smallest absolute Gasteiger partial charge is 0.251 e. The highest BCUT2D eigenvalue weighted by atomic mass is 32.2. The second-order valence-corrected chi connectivity index (χ2v) is 9.84. The van der Waals surface area contributed by atoms with E-state index in [2.05, 4.69) is 25.2 Å². The maximum atomic E-state index is 13.1. The van der Waals surface area contributed by atoms with Gasteiger partial charge in [-0.3, -0.25) is 9.78 Å². The zero-order chi connectivity index (χ0) is 23.6. The Morgan fingerprint density at radius 3 is 2.67 bits per heavy atom. The average molecular weight is 472 g/mol. The molecule has 3 aromatic rings. The van der Waals surface area contributed by atoms with Gasteiger partial charge in [-0.2, -0.15) is 4.98 Å². The fourth-order valence-electron chi connectivity index (χ4n) is 3.22. The first kappa shape index (κ1) is 22.9. The fourth-order valence-corrected chi connectivity index (χ4v) is 4.72. The van der Waals surface area contributed by atoms with E-state index in [4.69, 9.17) is 9.26 Å². The molecule has 0 radical (unpaired) electrons. The number of carbonyl (C=O) groups excluding carboxylic acids is 1. The Labute approximate surface area is 191 Å². The number of ether oxygens (including phenoxy) is 1. The molecule has 1 amide bonds. The lowest BCUT2D eigenvalue weighted by atomic mass is 10.0. The van der Waals surface area contributed by atoms with Gasteiger partial charge in [0.25, 0.3) is 5.91 Å². The topological polar surface area (TPSA) is 136 Å². The molecule has 1 aliphatic carbocycles. The van der Waals surface area contributed by atoms with Gasteiger partial charge < -0.3 is 14.6 Å². The monoisotopic (exact) mass is 471 g/mol. The first-order chi connectivity index (χ1) is 15.8. The molecule has 0 aliphatic heterocycles. The van der Waals surface area contributed by atoms with Crippen molar-refractivity contribution in [2.45, 2.75) is 43.7 Å². The molecule has 33 heavy (non-hydrogen) atoms. The lowest BCUT2D eigenvalue weighted by Crippen LogP contribution is -2.32. The molecule has 0 spiro atoms. The van der Waals surface area contributed by atoms with E-state index < -0.39 is 22.0 Å². The molecule has 0 saturated heterocycles. The summed E-state index contributed by atoms with van der Waals surface area (Å²) in [7, 11) is -2.44. The van der Waals surface area contributed by atoms with E-state index in [1.807, 2.05) is 13.8 Å². The van der Waals surface area contributed by atoms with E-state index in [1.54, 1.807) is 24.5 Å². The largest absolute Gasteiger partial charge is 0.495 e. The molecule has 1 atom stereocenters. The molecule has 174 valence electrons. The Morgan fingerprint density at radius 2 is 2.03 bits per heavy atom. The van der Waals surface area contributed by atoms with Crippen LogP contribution in [-0.4, -0.2) is 42.6 Å². The number of sulfonamides is 1. The van der Waals surface area contributed by atoms with E-state index >= 15 is 0 Å². The number of aromatic nitrogens is 3. The maximum absolute atomic E-state index is 13.1. The van der Waals surface area contributed by atoms with Crippen LogP contribution in [0, 0.1) is 5.92 Å². The number of amides is 1. The van der Waals surface area contributed by atoms with Crippen LogP contribution >= 0.6 is 0 Å². The highest BCUT2D eigenvalue weighted by Gasteiger charge is 2.31. The highest BCUT2D eigenvalue weighted by molar-refractivity contribution is 7.89. The van der Waals surface area contributed by atoms with Crippen molar-refractivity contribution in [2.75, 3.05) is 7.11 Å². The van der Waals surface area contributed by atoms with E-state index in [0.29, 0.717) is 11.4 Å². The first-order valence-electron chi connectivity index (χ1n) is 10.5. The Bertz CT molecular complexity index is 1240. The van der Waals surface area contributed by atoms with E-state index in [-0.39, 0.29) is 34.1 Å². The van der Waals surface area contributed by atoms with Crippen LogP contribution in [0.5, 0.6) is 5.75 Å². The SMILES string of the molecule is COc1ccc(C(=O)NC(c2nc(-c3cccnc3)no2)C(C)C)cc1S(=O)(=O)NC1CC1. The molecule has 1 aromatic carbocycles. The van der Waals surface area contributed by atoms with Gasteiger partial charge in [-0.15, -0.1) is 0 Å². The van der Waals surface area contributed by atoms with Crippen molar-refractivity contribution in [2.24, 2.45) is 5.92 Å². The summed E-state index contributed by atoms with van der Waals surface area (Å²) in [5, 5.41) is 6.87. The minimum absolute atomic E-state index is 0.0749. The van der Waals surface area contributed by atoms with Crippen molar-refractivity contribution < 1.29 is 22.5 Å². The van der Waals surface area contributed by atoms with Gasteiger partial charge >= 0.3 is 0 Å². The molecule has 2 heterocycles. The van der Waals surface area contributed by atoms with E-state index in [0.717, 1.165) is 12.8 Å². The summed E-state index contributed by atoms with van der Waals surface area (Å²) in [4.78, 5) is 21.4. The third-order valence-electron chi connectivity index (χ3n) is 5.20. The van der Waals surface area contributed by atoms with Crippen LogP contribution in [0.3, 0.4) is 0 Å². The average Bonchev–Trinajstić information content (AvgIpc) is 3.47.